The number of carbonyl (C=O) groups excluding carboxylic acids is 2. The first-order valence-electron chi connectivity index (χ1n) is 9.34. The van der Waals surface area contributed by atoms with Gasteiger partial charge in [0.15, 0.2) is 5.69 Å². The number of nitrogens with zero attached hydrogens (tertiary/aromatic N) is 2. The van der Waals surface area contributed by atoms with E-state index < -0.39 is 15.9 Å². The number of aryl methyl sites for hydroxylation is 3. The number of aromatic nitrogens is 2. The Balaban J connectivity index is 1.68. The fourth-order valence-corrected chi connectivity index (χ4v) is 5.25. The minimum absolute atomic E-state index is 0.0225. The van der Waals surface area contributed by atoms with Crippen LogP contribution in [0.5, 0.6) is 0 Å². The quantitative estimate of drug-likeness (QED) is 0.674. The zero-order valence-electron chi connectivity index (χ0n) is 16.7. The molecule has 1 aliphatic heterocycles. The molecule has 0 spiro atoms. The molecule has 9 nitrogen and oxygen atoms in total. The van der Waals surface area contributed by atoms with E-state index in [2.05, 4.69) is 15.5 Å². The second-order valence-corrected chi connectivity index (χ2v) is 9.28. The first kappa shape index (κ1) is 21.0. The lowest BCUT2D eigenvalue weighted by Crippen LogP contribution is -2.41. The first-order chi connectivity index (χ1) is 13.6. The molecule has 0 unspecified atom stereocenters. The van der Waals surface area contributed by atoms with Gasteiger partial charge in [0.25, 0.3) is 5.91 Å². The van der Waals surface area contributed by atoms with Crippen molar-refractivity contribution in [2.75, 3.05) is 18.4 Å². The molecular weight excluding hydrogens is 394 g/mol. The summed E-state index contributed by atoms with van der Waals surface area (Å²) in [7, 11) is -3.61. The van der Waals surface area contributed by atoms with Gasteiger partial charge in [0.05, 0.1) is 16.3 Å². The van der Waals surface area contributed by atoms with E-state index in [9.17, 15) is 18.0 Å². The Bertz CT molecular complexity index is 1050. The number of hydrogen-bond donors (Lipinski definition) is 3. The molecule has 2 aromatic rings. The van der Waals surface area contributed by atoms with Crippen molar-refractivity contribution < 1.29 is 18.0 Å². The highest BCUT2D eigenvalue weighted by atomic mass is 32.2. The van der Waals surface area contributed by atoms with Gasteiger partial charge in [-0.2, -0.15) is 9.40 Å². The van der Waals surface area contributed by atoms with E-state index in [0.717, 1.165) is 5.56 Å². The lowest BCUT2D eigenvalue weighted by molar-refractivity contribution is -0.120. The van der Waals surface area contributed by atoms with Crippen LogP contribution in [0.15, 0.2) is 23.1 Å². The molecule has 1 saturated heterocycles. The van der Waals surface area contributed by atoms with Crippen LogP contribution in [-0.4, -0.2) is 47.8 Å². The van der Waals surface area contributed by atoms with Crippen LogP contribution in [-0.2, 0) is 14.8 Å². The van der Waals surface area contributed by atoms with Crippen LogP contribution in [0.25, 0.3) is 0 Å². The van der Waals surface area contributed by atoms with Gasteiger partial charge in [0, 0.05) is 19.0 Å². The molecule has 10 heteroatoms. The predicted octanol–water partition coefficient (Wildman–Crippen LogP) is 1.47. The summed E-state index contributed by atoms with van der Waals surface area (Å²) in [6.45, 7) is 5.87. The SMILES string of the molecule is Cc1ccc(S(=O)(=O)N2CCC(C(=O)Nc3c(C(N)=O)n[nH]c3C)CC2)c(C)c1. The second-order valence-electron chi connectivity index (χ2n) is 7.37. The van der Waals surface area contributed by atoms with Crippen LogP contribution >= 0.6 is 0 Å². The Morgan fingerprint density at radius 2 is 1.86 bits per heavy atom. The smallest absolute Gasteiger partial charge is 0.271 e. The zero-order chi connectivity index (χ0) is 21.3. The number of nitrogens with one attached hydrogen (secondary N) is 2. The van der Waals surface area contributed by atoms with Crippen LogP contribution in [0.4, 0.5) is 5.69 Å². The van der Waals surface area contributed by atoms with Crippen LogP contribution in [0, 0.1) is 26.7 Å². The number of amides is 2. The van der Waals surface area contributed by atoms with Gasteiger partial charge in [0.1, 0.15) is 0 Å². The number of nitrogens with two attached hydrogens (primary N) is 1. The van der Waals surface area contributed by atoms with E-state index in [-0.39, 0.29) is 36.3 Å². The van der Waals surface area contributed by atoms with E-state index in [1.807, 2.05) is 13.0 Å². The minimum atomic E-state index is -3.61. The molecule has 2 heterocycles. The van der Waals surface area contributed by atoms with Crippen molar-refractivity contribution in [1.82, 2.24) is 14.5 Å². The third-order valence-electron chi connectivity index (χ3n) is 5.20. The molecule has 1 aliphatic rings. The molecule has 0 aliphatic carbocycles. The van der Waals surface area contributed by atoms with Crippen molar-refractivity contribution in [3.63, 3.8) is 0 Å². The second kappa shape index (κ2) is 7.96. The molecule has 1 aromatic heterocycles. The van der Waals surface area contributed by atoms with E-state index >= 15 is 0 Å². The van der Waals surface area contributed by atoms with Gasteiger partial charge in [-0.1, -0.05) is 17.7 Å². The fourth-order valence-electron chi connectivity index (χ4n) is 3.57. The monoisotopic (exact) mass is 419 g/mol. The van der Waals surface area contributed by atoms with Gasteiger partial charge in [-0.3, -0.25) is 14.7 Å². The molecule has 1 aromatic carbocycles. The van der Waals surface area contributed by atoms with Crippen LogP contribution in [0.1, 0.15) is 40.2 Å². The van der Waals surface area contributed by atoms with Crippen molar-refractivity contribution >= 4 is 27.5 Å². The summed E-state index contributed by atoms with van der Waals surface area (Å²) >= 11 is 0. The molecule has 1 fully saturated rings. The Kier molecular flexibility index (Phi) is 5.76. The highest BCUT2D eigenvalue weighted by molar-refractivity contribution is 7.89. The normalized spacial score (nSPS) is 16.0. The molecule has 3 rings (SSSR count). The van der Waals surface area contributed by atoms with E-state index in [0.29, 0.717) is 29.0 Å². The van der Waals surface area contributed by atoms with Crippen LogP contribution in [0.3, 0.4) is 0 Å². The molecule has 2 amide bonds. The summed E-state index contributed by atoms with van der Waals surface area (Å²) in [5, 5.41) is 9.14. The highest BCUT2D eigenvalue weighted by Crippen LogP contribution is 2.27. The number of benzene rings is 1. The zero-order valence-corrected chi connectivity index (χ0v) is 17.5. The van der Waals surface area contributed by atoms with Gasteiger partial charge >= 0.3 is 0 Å². The van der Waals surface area contributed by atoms with Gasteiger partial charge in [-0.25, -0.2) is 8.42 Å². The Hall–Kier alpha value is -2.72. The summed E-state index contributed by atoms with van der Waals surface area (Å²) in [6, 6.07) is 5.26. The third-order valence-corrected chi connectivity index (χ3v) is 7.26. The number of hydrogen-bond acceptors (Lipinski definition) is 5. The summed E-state index contributed by atoms with van der Waals surface area (Å²) in [5.41, 5.74) is 7.77. The molecule has 156 valence electrons. The lowest BCUT2D eigenvalue weighted by atomic mass is 9.97. The van der Waals surface area contributed by atoms with Gasteiger partial charge in [-0.05, 0) is 45.2 Å². The summed E-state index contributed by atoms with van der Waals surface area (Å²) in [4.78, 5) is 24.4. The average molecular weight is 420 g/mol. The largest absolute Gasteiger partial charge is 0.364 e. The van der Waals surface area contributed by atoms with Gasteiger partial charge in [0.2, 0.25) is 15.9 Å². The standard InChI is InChI=1S/C19H25N5O4S/c1-11-4-5-15(12(2)10-11)29(27,28)24-8-6-14(7-9-24)19(26)21-16-13(3)22-23-17(16)18(20)25/h4-5,10,14H,6-9H2,1-3H3,(H2,20,25)(H,21,26)(H,22,23). The Morgan fingerprint density at radius 3 is 2.45 bits per heavy atom. The number of primary amides is 1. The van der Waals surface area contributed by atoms with Crippen molar-refractivity contribution in [3.05, 3.63) is 40.7 Å². The number of rotatable bonds is 5. The summed E-state index contributed by atoms with van der Waals surface area (Å²) < 4.78 is 27.4. The van der Waals surface area contributed by atoms with Gasteiger partial charge in [-0.15, -0.1) is 0 Å². The number of carbonyl (C=O) groups is 2. The maximum absolute atomic E-state index is 13.0. The lowest BCUT2D eigenvalue weighted by Gasteiger charge is -2.31. The number of piperidine rings is 1. The number of aromatic amines is 1. The summed E-state index contributed by atoms with van der Waals surface area (Å²) in [5.74, 6) is -1.38. The molecule has 0 bridgehead atoms. The highest BCUT2D eigenvalue weighted by Gasteiger charge is 2.33. The maximum Gasteiger partial charge on any atom is 0.271 e. The predicted molar refractivity (Wildman–Crippen MR) is 108 cm³/mol. The van der Waals surface area contributed by atoms with Crippen LogP contribution < -0.4 is 11.1 Å². The van der Waals surface area contributed by atoms with E-state index in [1.54, 1.807) is 26.0 Å². The van der Waals surface area contributed by atoms with Crippen molar-refractivity contribution in [3.8, 4) is 0 Å². The molecule has 0 radical (unpaired) electrons. The topological polar surface area (TPSA) is 138 Å². The molecule has 4 N–H and O–H groups in total. The average Bonchev–Trinajstić information content (AvgIpc) is 3.02. The number of H-pyrrole nitrogens is 1. The fraction of sp³-hybridized carbons (Fsp3) is 0.421. The summed E-state index contributed by atoms with van der Waals surface area (Å²) in [6.07, 6.45) is 0.775. The van der Waals surface area contributed by atoms with Crippen molar-refractivity contribution in [2.24, 2.45) is 11.7 Å². The number of sulfonamides is 1. The van der Waals surface area contributed by atoms with E-state index in [1.165, 1.54) is 4.31 Å². The van der Waals surface area contributed by atoms with Crippen LogP contribution in [0.2, 0.25) is 0 Å². The first-order valence-corrected chi connectivity index (χ1v) is 10.8. The molecular formula is C19H25N5O4S. The maximum atomic E-state index is 13.0. The minimum Gasteiger partial charge on any atom is -0.364 e. The number of anilines is 1. The van der Waals surface area contributed by atoms with Crippen molar-refractivity contribution in [1.29, 1.82) is 0 Å². The van der Waals surface area contributed by atoms with Crippen molar-refractivity contribution in [2.45, 2.75) is 38.5 Å². The third kappa shape index (κ3) is 4.18. The van der Waals surface area contributed by atoms with Gasteiger partial charge < -0.3 is 11.1 Å². The Labute approximate surface area is 169 Å². The Morgan fingerprint density at radius 1 is 1.21 bits per heavy atom. The molecule has 0 atom stereocenters. The molecule has 29 heavy (non-hydrogen) atoms. The van der Waals surface area contributed by atoms with E-state index in [4.69, 9.17) is 5.73 Å². The molecule has 0 saturated carbocycles.